The van der Waals surface area contributed by atoms with Gasteiger partial charge >= 0.3 is 0 Å². The quantitative estimate of drug-likeness (QED) is 0.160. The Morgan fingerprint density at radius 1 is 0.844 bits per heavy atom. The first-order chi connectivity index (χ1) is 15.6. The second-order valence-corrected chi connectivity index (χ2v) is 7.32. The van der Waals surface area contributed by atoms with Crippen LogP contribution in [0.4, 0.5) is 0 Å². The van der Waals surface area contributed by atoms with Crippen LogP contribution < -0.4 is 9.47 Å². The van der Waals surface area contributed by atoms with Crippen molar-refractivity contribution >= 4 is 6.21 Å². The summed E-state index contributed by atoms with van der Waals surface area (Å²) in [6.07, 6.45) is 6.38. The van der Waals surface area contributed by atoms with Crippen molar-refractivity contribution in [2.45, 2.75) is 40.4 Å². The van der Waals surface area contributed by atoms with Crippen molar-refractivity contribution in [1.82, 2.24) is 0 Å². The summed E-state index contributed by atoms with van der Waals surface area (Å²) in [5.41, 5.74) is 4.40. The van der Waals surface area contributed by atoms with Crippen LogP contribution in [0.3, 0.4) is 0 Å². The molecule has 32 heavy (non-hydrogen) atoms. The van der Waals surface area contributed by atoms with Crippen LogP contribution in [0.2, 0.25) is 0 Å². The Hall–Kier alpha value is -2.83. The minimum atomic E-state index is 0.425. The van der Waals surface area contributed by atoms with E-state index in [0.717, 1.165) is 40.2 Å². The van der Waals surface area contributed by atoms with Crippen LogP contribution in [0.15, 0.2) is 53.7 Å². The molecule has 0 aliphatic carbocycles. The smallest absolute Gasteiger partial charge is 0.125 e. The van der Waals surface area contributed by atoms with Gasteiger partial charge in [0.05, 0.1) is 39.2 Å². The lowest BCUT2D eigenvalue weighted by molar-refractivity contribution is 0.107. The van der Waals surface area contributed by atoms with Gasteiger partial charge in [-0.1, -0.05) is 41.6 Å². The van der Waals surface area contributed by atoms with E-state index in [0.29, 0.717) is 39.6 Å². The molecule has 6 nitrogen and oxygen atoms in total. The van der Waals surface area contributed by atoms with Crippen LogP contribution >= 0.6 is 0 Å². The summed E-state index contributed by atoms with van der Waals surface area (Å²) in [5.74, 6) is 1.79. The van der Waals surface area contributed by atoms with E-state index in [1.165, 1.54) is 7.11 Å². The number of allylic oxidation sites excluding steroid dienone is 1. The minimum absolute atomic E-state index is 0.425. The van der Waals surface area contributed by atoms with Crippen molar-refractivity contribution in [2.75, 3.05) is 33.5 Å². The Kier molecular flexibility index (Phi) is 12.0. The highest BCUT2D eigenvalue weighted by atomic mass is 16.6. The zero-order valence-electron chi connectivity index (χ0n) is 19.6. The maximum Gasteiger partial charge on any atom is 0.125 e. The average Bonchev–Trinajstić information content (AvgIpc) is 2.78. The van der Waals surface area contributed by atoms with Crippen molar-refractivity contribution in [1.29, 1.82) is 0 Å². The fourth-order valence-corrected chi connectivity index (χ4v) is 3.05. The summed E-state index contributed by atoms with van der Waals surface area (Å²) < 4.78 is 23.0. The van der Waals surface area contributed by atoms with Gasteiger partial charge in [0.15, 0.2) is 0 Å². The molecule has 6 heteroatoms. The Balaban J connectivity index is 1.64. The van der Waals surface area contributed by atoms with Crippen molar-refractivity contribution < 1.29 is 23.8 Å². The van der Waals surface area contributed by atoms with E-state index in [4.69, 9.17) is 18.9 Å². The summed E-state index contributed by atoms with van der Waals surface area (Å²) in [6, 6.07) is 12.3. The summed E-state index contributed by atoms with van der Waals surface area (Å²) in [6.45, 7) is 9.45. The van der Waals surface area contributed by atoms with Gasteiger partial charge in [-0.2, -0.15) is 0 Å². The highest BCUT2D eigenvalue weighted by Crippen LogP contribution is 2.28. The lowest BCUT2D eigenvalue weighted by Gasteiger charge is -2.14. The zero-order chi connectivity index (χ0) is 23.0. The molecular weight excluding hydrogens is 406 g/mol. The standard InChI is InChI=1S/C26H35NO5/c1-5-6-14-31-25-17-21(2)26(22(3)18-25)32-15-7-13-29-19-23-8-10-24(11-9-23)20-30-16-12-27-28-4/h5-6,8-12,17-18H,7,13-16,19-20H2,1-4H3/b6-5+,27-12+. The Bertz CT molecular complexity index is 823. The minimum Gasteiger partial charge on any atom is -0.493 e. The van der Waals surface area contributed by atoms with Crippen molar-refractivity contribution in [3.8, 4) is 11.5 Å². The molecule has 0 aliphatic heterocycles. The third-order valence-corrected chi connectivity index (χ3v) is 4.63. The van der Waals surface area contributed by atoms with Crippen LogP contribution in [0.25, 0.3) is 0 Å². The van der Waals surface area contributed by atoms with Gasteiger partial charge in [0.1, 0.15) is 25.2 Å². The van der Waals surface area contributed by atoms with Crippen molar-refractivity contribution in [3.05, 3.63) is 70.8 Å². The summed E-state index contributed by atoms with van der Waals surface area (Å²) in [7, 11) is 1.51. The molecule has 0 bridgehead atoms. The number of hydrogen-bond acceptors (Lipinski definition) is 6. The second-order valence-electron chi connectivity index (χ2n) is 7.32. The number of rotatable bonds is 15. The Morgan fingerprint density at radius 2 is 1.50 bits per heavy atom. The number of ether oxygens (including phenoxy) is 4. The monoisotopic (exact) mass is 441 g/mol. The molecule has 2 aromatic rings. The summed E-state index contributed by atoms with van der Waals surface area (Å²) >= 11 is 0. The van der Waals surface area contributed by atoms with E-state index in [1.54, 1.807) is 6.21 Å². The maximum absolute atomic E-state index is 6.00. The molecule has 0 unspecified atom stereocenters. The SMILES string of the molecule is C/C=C/COc1cc(C)c(OCCCOCc2ccc(COC/C=N/OC)cc2)c(C)c1. The van der Waals surface area contributed by atoms with Crippen LogP contribution in [-0.4, -0.2) is 39.8 Å². The van der Waals surface area contributed by atoms with Gasteiger partial charge in [-0.05, 0) is 55.2 Å². The first-order valence-electron chi connectivity index (χ1n) is 10.9. The molecule has 0 radical (unpaired) electrons. The molecule has 0 fully saturated rings. The molecular formula is C26H35NO5. The third-order valence-electron chi connectivity index (χ3n) is 4.63. The van der Waals surface area contributed by atoms with E-state index >= 15 is 0 Å². The van der Waals surface area contributed by atoms with Gasteiger partial charge in [0, 0.05) is 6.42 Å². The van der Waals surface area contributed by atoms with Crippen LogP contribution in [-0.2, 0) is 27.5 Å². The van der Waals surface area contributed by atoms with Crippen molar-refractivity contribution in [3.63, 3.8) is 0 Å². The van der Waals surface area contributed by atoms with Gasteiger partial charge in [-0.15, -0.1) is 0 Å². The highest BCUT2D eigenvalue weighted by Gasteiger charge is 2.07. The molecule has 2 rings (SSSR count). The molecule has 0 spiro atoms. The van der Waals surface area contributed by atoms with Crippen molar-refractivity contribution in [2.24, 2.45) is 5.16 Å². The van der Waals surface area contributed by atoms with Crippen LogP contribution in [0.5, 0.6) is 11.5 Å². The van der Waals surface area contributed by atoms with Gasteiger partial charge in [-0.25, -0.2) is 0 Å². The molecule has 0 atom stereocenters. The molecule has 0 saturated carbocycles. The normalized spacial score (nSPS) is 11.4. The predicted molar refractivity (Wildman–Crippen MR) is 128 cm³/mol. The molecule has 0 amide bonds. The molecule has 0 N–H and O–H groups in total. The highest BCUT2D eigenvalue weighted by molar-refractivity contribution is 5.57. The molecule has 0 heterocycles. The maximum atomic E-state index is 6.00. The third kappa shape index (κ3) is 9.54. The number of hydrogen-bond donors (Lipinski definition) is 0. The number of oxime groups is 1. The van der Waals surface area contributed by atoms with Gasteiger partial charge in [-0.3, -0.25) is 0 Å². The Morgan fingerprint density at radius 3 is 2.12 bits per heavy atom. The molecule has 0 saturated heterocycles. The van der Waals surface area contributed by atoms with E-state index in [2.05, 4.69) is 22.1 Å². The van der Waals surface area contributed by atoms with Crippen LogP contribution in [0, 0.1) is 13.8 Å². The van der Waals surface area contributed by atoms with E-state index in [-0.39, 0.29) is 0 Å². The average molecular weight is 442 g/mol. The molecule has 0 aliphatic rings. The number of aryl methyl sites for hydroxylation is 2. The van der Waals surface area contributed by atoms with Gasteiger partial charge in [0.25, 0.3) is 0 Å². The number of benzene rings is 2. The topological polar surface area (TPSA) is 58.5 Å². The van der Waals surface area contributed by atoms with E-state index in [1.807, 2.05) is 57.2 Å². The first-order valence-corrected chi connectivity index (χ1v) is 10.9. The van der Waals surface area contributed by atoms with Gasteiger partial charge in [0.2, 0.25) is 0 Å². The molecule has 174 valence electrons. The molecule has 0 aromatic heterocycles. The predicted octanol–water partition coefficient (Wildman–Crippen LogP) is 5.39. The summed E-state index contributed by atoms with van der Waals surface area (Å²) in [4.78, 5) is 4.59. The van der Waals surface area contributed by atoms with Gasteiger partial charge < -0.3 is 23.8 Å². The zero-order valence-corrected chi connectivity index (χ0v) is 19.6. The van der Waals surface area contributed by atoms with E-state index < -0.39 is 0 Å². The first kappa shape index (κ1) is 25.4. The fourth-order valence-electron chi connectivity index (χ4n) is 3.05. The lowest BCUT2D eigenvalue weighted by atomic mass is 10.1. The number of nitrogens with zero attached hydrogens (tertiary/aromatic N) is 1. The second kappa shape index (κ2) is 15.1. The lowest BCUT2D eigenvalue weighted by Crippen LogP contribution is -2.05. The van der Waals surface area contributed by atoms with Crippen LogP contribution in [0.1, 0.15) is 35.6 Å². The van der Waals surface area contributed by atoms with E-state index in [9.17, 15) is 0 Å². The summed E-state index contributed by atoms with van der Waals surface area (Å²) in [5, 5.41) is 3.63. The largest absolute Gasteiger partial charge is 0.493 e. The fraction of sp³-hybridized carbons (Fsp3) is 0.423. The Labute approximate surface area is 191 Å². The molecule has 2 aromatic carbocycles.